The second-order valence-electron chi connectivity index (χ2n) is 9.20. The number of rotatable bonds is 15. The molecule has 2 aromatic rings. The Morgan fingerprint density at radius 1 is 0.818 bits per heavy atom. The zero-order valence-electron chi connectivity index (χ0n) is 20.5. The number of unbranched alkanes of at least 4 members (excludes halogenated alkanes) is 7. The molecule has 1 aliphatic heterocycles. The summed E-state index contributed by atoms with van der Waals surface area (Å²) in [4.78, 5) is 0. The van der Waals surface area contributed by atoms with Gasteiger partial charge in [0.15, 0.2) is 6.29 Å². The summed E-state index contributed by atoms with van der Waals surface area (Å²) in [6.45, 7) is 8.39. The van der Waals surface area contributed by atoms with Gasteiger partial charge in [-0.2, -0.15) is 0 Å². The molecular formula is C30H42O3. The minimum Gasteiger partial charge on any atom is -0.494 e. The average molecular weight is 451 g/mol. The van der Waals surface area contributed by atoms with Gasteiger partial charge in [0.05, 0.1) is 19.8 Å². The molecule has 180 valence electrons. The van der Waals surface area contributed by atoms with Gasteiger partial charge in [0, 0.05) is 11.5 Å². The van der Waals surface area contributed by atoms with Gasteiger partial charge >= 0.3 is 0 Å². The highest BCUT2D eigenvalue weighted by atomic mass is 16.7. The number of ether oxygens (including phenoxy) is 3. The quantitative estimate of drug-likeness (QED) is 0.201. The minimum absolute atomic E-state index is 0.244. The third-order valence-corrected chi connectivity index (χ3v) is 6.37. The summed E-state index contributed by atoms with van der Waals surface area (Å²) in [5.74, 6) is 1.47. The van der Waals surface area contributed by atoms with Crippen LogP contribution in [0, 0.1) is 5.92 Å². The Bertz CT molecular complexity index is 773. The standard InChI is InChI=1S/C30H42O3/c1-3-5-7-9-10-11-13-25-23-32-30(33-24-25)28-16-14-26(15-17-28)27-18-20-29(21-19-27)31-22-12-8-6-4-2/h3,14-21,25,30H,1,4-13,22-24H2,2H3. The molecule has 3 nitrogen and oxygen atoms in total. The number of hydrogen-bond donors (Lipinski definition) is 0. The molecule has 2 aromatic carbocycles. The van der Waals surface area contributed by atoms with E-state index in [0.717, 1.165) is 44.0 Å². The molecule has 0 spiro atoms. The number of hydrogen-bond acceptors (Lipinski definition) is 3. The van der Waals surface area contributed by atoms with Crippen LogP contribution >= 0.6 is 0 Å². The maximum absolute atomic E-state index is 6.04. The lowest BCUT2D eigenvalue weighted by Crippen LogP contribution is -2.27. The van der Waals surface area contributed by atoms with E-state index in [9.17, 15) is 0 Å². The van der Waals surface area contributed by atoms with Crippen molar-refractivity contribution in [1.82, 2.24) is 0 Å². The molecule has 3 rings (SSSR count). The van der Waals surface area contributed by atoms with Crippen molar-refractivity contribution >= 4 is 0 Å². The van der Waals surface area contributed by atoms with E-state index in [1.165, 1.54) is 62.5 Å². The van der Waals surface area contributed by atoms with Gasteiger partial charge in [0.25, 0.3) is 0 Å². The van der Waals surface area contributed by atoms with Gasteiger partial charge < -0.3 is 14.2 Å². The van der Waals surface area contributed by atoms with E-state index < -0.39 is 0 Å². The van der Waals surface area contributed by atoms with Crippen molar-refractivity contribution in [3.63, 3.8) is 0 Å². The van der Waals surface area contributed by atoms with Crippen LogP contribution in [0.1, 0.15) is 83.0 Å². The Balaban J connectivity index is 1.39. The van der Waals surface area contributed by atoms with Crippen LogP contribution < -0.4 is 4.74 Å². The van der Waals surface area contributed by atoms with Crippen molar-refractivity contribution in [2.45, 2.75) is 77.4 Å². The summed E-state index contributed by atoms with van der Waals surface area (Å²) in [6.07, 6.45) is 14.1. The lowest BCUT2D eigenvalue weighted by molar-refractivity contribution is -0.206. The average Bonchev–Trinajstić information content (AvgIpc) is 2.87. The van der Waals surface area contributed by atoms with Crippen molar-refractivity contribution in [2.24, 2.45) is 5.92 Å². The Morgan fingerprint density at radius 2 is 1.45 bits per heavy atom. The molecule has 33 heavy (non-hydrogen) atoms. The largest absolute Gasteiger partial charge is 0.494 e. The summed E-state index contributed by atoms with van der Waals surface area (Å²) >= 11 is 0. The lowest BCUT2D eigenvalue weighted by Gasteiger charge is -2.29. The van der Waals surface area contributed by atoms with Gasteiger partial charge in [-0.15, -0.1) is 6.58 Å². The third kappa shape index (κ3) is 8.98. The van der Waals surface area contributed by atoms with Crippen molar-refractivity contribution in [1.29, 1.82) is 0 Å². The Morgan fingerprint density at radius 3 is 2.12 bits per heavy atom. The predicted octanol–water partition coefficient (Wildman–Crippen LogP) is 8.50. The molecule has 0 atom stereocenters. The summed E-state index contributed by atoms with van der Waals surface area (Å²) < 4.78 is 17.9. The van der Waals surface area contributed by atoms with Crippen molar-refractivity contribution < 1.29 is 14.2 Å². The molecule has 0 unspecified atom stereocenters. The van der Waals surface area contributed by atoms with Gasteiger partial charge in [0.1, 0.15) is 5.75 Å². The van der Waals surface area contributed by atoms with Gasteiger partial charge in [-0.3, -0.25) is 0 Å². The van der Waals surface area contributed by atoms with Crippen LogP contribution in [0.25, 0.3) is 11.1 Å². The van der Waals surface area contributed by atoms with E-state index in [4.69, 9.17) is 14.2 Å². The first-order valence-electron chi connectivity index (χ1n) is 13.0. The first-order valence-corrected chi connectivity index (χ1v) is 13.0. The van der Waals surface area contributed by atoms with Crippen molar-refractivity contribution in [3.8, 4) is 16.9 Å². The van der Waals surface area contributed by atoms with E-state index in [0.29, 0.717) is 5.92 Å². The van der Waals surface area contributed by atoms with Crippen molar-refractivity contribution in [2.75, 3.05) is 19.8 Å². The molecule has 1 saturated heterocycles. The highest BCUT2D eigenvalue weighted by Gasteiger charge is 2.23. The molecule has 1 aliphatic rings. The molecule has 0 aliphatic carbocycles. The maximum atomic E-state index is 6.04. The van der Waals surface area contributed by atoms with Gasteiger partial charge in [-0.25, -0.2) is 0 Å². The van der Waals surface area contributed by atoms with Crippen LogP contribution in [0.3, 0.4) is 0 Å². The van der Waals surface area contributed by atoms with Crippen LogP contribution in [0.5, 0.6) is 5.75 Å². The molecule has 1 heterocycles. The normalized spacial score (nSPS) is 18.2. The Hall–Kier alpha value is -2.10. The van der Waals surface area contributed by atoms with E-state index in [1.807, 2.05) is 6.08 Å². The second-order valence-corrected chi connectivity index (χ2v) is 9.20. The summed E-state index contributed by atoms with van der Waals surface area (Å²) in [5, 5.41) is 0. The molecule has 0 radical (unpaired) electrons. The highest BCUT2D eigenvalue weighted by Crippen LogP contribution is 2.30. The monoisotopic (exact) mass is 450 g/mol. The molecule has 1 fully saturated rings. The number of allylic oxidation sites excluding steroid dienone is 1. The topological polar surface area (TPSA) is 27.7 Å². The predicted molar refractivity (Wildman–Crippen MR) is 138 cm³/mol. The van der Waals surface area contributed by atoms with E-state index in [2.05, 4.69) is 62.0 Å². The smallest absolute Gasteiger partial charge is 0.183 e. The molecule has 0 amide bonds. The zero-order chi connectivity index (χ0) is 23.1. The van der Waals surface area contributed by atoms with Gasteiger partial charge in [-0.05, 0) is 48.9 Å². The minimum atomic E-state index is -0.244. The number of benzene rings is 2. The third-order valence-electron chi connectivity index (χ3n) is 6.37. The van der Waals surface area contributed by atoms with E-state index >= 15 is 0 Å². The molecule has 0 aromatic heterocycles. The van der Waals surface area contributed by atoms with Crippen LogP contribution in [0.4, 0.5) is 0 Å². The van der Waals surface area contributed by atoms with Crippen LogP contribution in [-0.2, 0) is 9.47 Å². The summed E-state index contributed by atoms with van der Waals surface area (Å²) in [7, 11) is 0. The maximum Gasteiger partial charge on any atom is 0.183 e. The Kier molecular flexibility index (Phi) is 11.5. The first kappa shape index (κ1) is 25.5. The fraction of sp³-hybridized carbons (Fsp3) is 0.533. The first-order chi connectivity index (χ1) is 16.3. The van der Waals surface area contributed by atoms with Gasteiger partial charge in [0.2, 0.25) is 0 Å². The lowest BCUT2D eigenvalue weighted by atomic mass is 10.0. The van der Waals surface area contributed by atoms with Crippen molar-refractivity contribution in [3.05, 3.63) is 66.7 Å². The molecule has 0 bridgehead atoms. The molecular weight excluding hydrogens is 408 g/mol. The molecule has 0 N–H and O–H groups in total. The van der Waals surface area contributed by atoms with Crippen LogP contribution in [-0.4, -0.2) is 19.8 Å². The fourth-order valence-electron chi connectivity index (χ4n) is 4.27. The molecule has 0 saturated carbocycles. The molecule has 3 heteroatoms. The van der Waals surface area contributed by atoms with E-state index in [-0.39, 0.29) is 6.29 Å². The second kappa shape index (κ2) is 14.9. The van der Waals surface area contributed by atoms with Crippen LogP contribution in [0.15, 0.2) is 61.2 Å². The zero-order valence-corrected chi connectivity index (χ0v) is 20.5. The van der Waals surface area contributed by atoms with E-state index in [1.54, 1.807) is 0 Å². The summed E-state index contributed by atoms with van der Waals surface area (Å²) in [5.41, 5.74) is 3.48. The Labute approximate surface area is 201 Å². The fourth-order valence-corrected chi connectivity index (χ4v) is 4.27. The summed E-state index contributed by atoms with van der Waals surface area (Å²) in [6, 6.07) is 16.9. The SMILES string of the molecule is C=CCCCCCCC1COC(c2ccc(-c3ccc(OCCCCCC)cc3)cc2)OC1. The highest BCUT2D eigenvalue weighted by molar-refractivity contribution is 5.64. The van der Waals surface area contributed by atoms with Crippen LogP contribution in [0.2, 0.25) is 0 Å². The van der Waals surface area contributed by atoms with Gasteiger partial charge in [-0.1, -0.05) is 87.9 Å².